The number of aliphatic carboxylic acids is 1. The molecule has 76 valence electrons. The van der Waals surface area contributed by atoms with Crippen LogP contribution in [0.4, 0.5) is 4.39 Å². The molecule has 0 aliphatic carbocycles. The lowest BCUT2D eigenvalue weighted by Crippen LogP contribution is -2.04. The molecule has 1 N–H and O–H groups in total. The van der Waals surface area contributed by atoms with Crippen LogP contribution >= 0.6 is 11.6 Å². The lowest BCUT2D eigenvalue weighted by Gasteiger charge is -2.10. The molecule has 0 aliphatic heterocycles. The Morgan fingerprint density at radius 3 is 2.79 bits per heavy atom. The van der Waals surface area contributed by atoms with E-state index in [1.807, 2.05) is 0 Å². The number of rotatable bonds is 3. The van der Waals surface area contributed by atoms with Crippen LogP contribution in [-0.4, -0.2) is 11.1 Å². The van der Waals surface area contributed by atoms with E-state index in [2.05, 4.69) is 0 Å². The minimum Gasteiger partial charge on any atom is -0.481 e. The maximum absolute atomic E-state index is 13.1. The highest BCUT2D eigenvalue weighted by atomic mass is 35.5. The number of alkyl halides is 1. The van der Waals surface area contributed by atoms with Crippen LogP contribution in [0.25, 0.3) is 0 Å². The lowest BCUT2D eigenvalue weighted by molar-refractivity contribution is -0.136. The van der Waals surface area contributed by atoms with Crippen molar-refractivity contribution in [1.82, 2.24) is 0 Å². The second-order valence-electron chi connectivity index (χ2n) is 3.00. The van der Waals surface area contributed by atoms with Crippen LogP contribution in [0, 0.1) is 0 Å². The fourth-order valence-corrected chi connectivity index (χ4v) is 1.69. The number of carboxylic acids is 1. The van der Waals surface area contributed by atoms with Gasteiger partial charge in [0.2, 0.25) is 0 Å². The van der Waals surface area contributed by atoms with Crippen molar-refractivity contribution in [3.05, 3.63) is 34.3 Å². The van der Waals surface area contributed by atoms with Gasteiger partial charge in [-0.05, 0) is 18.6 Å². The highest BCUT2D eigenvalue weighted by molar-refractivity contribution is 6.31. The zero-order valence-corrected chi connectivity index (χ0v) is 8.38. The van der Waals surface area contributed by atoms with E-state index in [1.54, 1.807) is 18.2 Å². The van der Waals surface area contributed by atoms with Gasteiger partial charge in [0.1, 0.15) is 6.17 Å². The highest BCUT2D eigenvalue weighted by Crippen LogP contribution is 2.29. The van der Waals surface area contributed by atoms with Crippen molar-refractivity contribution in [2.75, 3.05) is 0 Å². The highest BCUT2D eigenvalue weighted by Gasteiger charge is 2.15. The monoisotopic (exact) mass is 216 g/mol. The molecule has 0 saturated carbocycles. The van der Waals surface area contributed by atoms with E-state index < -0.39 is 12.1 Å². The second kappa shape index (κ2) is 4.42. The van der Waals surface area contributed by atoms with Crippen LogP contribution in [0.5, 0.6) is 0 Å². The van der Waals surface area contributed by atoms with E-state index >= 15 is 0 Å². The molecule has 0 saturated heterocycles. The average molecular weight is 217 g/mol. The summed E-state index contributed by atoms with van der Waals surface area (Å²) >= 11 is 5.77. The number of hydrogen-bond acceptors (Lipinski definition) is 1. The van der Waals surface area contributed by atoms with Crippen molar-refractivity contribution >= 4 is 17.6 Å². The van der Waals surface area contributed by atoms with Gasteiger partial charge >= 0.3 is 5.97 Å². The summed E-state index contributed by atoms with van der Waals surface area (Å²) in [4.78, 5) is 10.5. The third-order valence-electron chi connectivity index (χ3n) is 1.88. The van der Waals surface area contributed by atoms with Crippen molar-refractivity contribution in [3.63, 3.8) is 0 Å². The molecule has 0 spiro atoms. The molecule has 0 bridgehead atoms. The molecular weight excluding hydrogens is 207 g/mol. The smallest absolute Gasteiger partial charge is 0.307 e. The summed E-state index contributed by atoms with van der Waals surface area (Å²) in [6.07, 6.45) is -1.46. The van der Waals surface area contributed by atoms with Crippen LogP contribution in [0.15, 0.2) is 18.2 Å². The molecular formula is C10H10ClFO2. The molecule has 0 radical (unpaired) electrons. The van der Waals surface area contributed by atoms with Gasteiger partial charge < -0.3 is 5.11 Å². The summed E-state index contributed by atoms with van der Waals surface area (Å²) in [7, 11) is 0. The van der Waals surface area contributed by atoms with Crippen molar-refractivity contribution in [1.29, 1.82) is 0 Å². The van der Waals surface area contributed by atoms with Gasteiger partial charge in [-0.1, -0.05) is 23.7 Å². The third-order valence-corrected chi connectivity index (χ3v) is 2.21. The van der Waals surface area contributed by atoms with Crippen LogP contribution in [0.1, 0.15) is 24.2 Å². The van der Waals surface area contributed by atoms with Gasteiger partial charge in [-0.2, -0.15) is 0 Å². The summed E-state index contributed by atoms with van der Waals surface area (Å²) in [5.41, 5.74) is 0.705. The molecule has 2 nitrogen and oxygen atoms in total. The van der Waals surface area contributed by atoms with Crippen molar-refractivity contribution in [2.24, 2.45) is 0 Å². The van der Waals surface area contributed by atoms with E-state index in [0.717, 1.165) is 0 Å². The van der Waals surface area contributed by atoms with Crippen molar-refractivity contribution in [3.8, 4) is 0 Å². The quantitative estimate of drug-likeness (QED) is 0.844. The number of carbonyl (C=O) groups is 1. The summed E-state index contributed by atoms with van der Waals surface area (Å²) in [6.45, 7) is 1.34. The molecule has 1 atom stereocenters. The SMILES string of the molecule is CC(F)c1c(Cl)cccc1CC(=O)O. The molecule has 1 unspecified atom stereocenters. The Balaban J connectivity index is 3.14. The molecule has 1 rings (SSSR count). The predicted molar refractivity (Wildman–Crippen MR) is 52.3 cm³/mol. The Morgan fingerprint density at radius 1 is 1.64 bits per heavy atom. The fourth-order valence-electron chi connectivity index (χ4n) is 1.34. The molecule has 1 aromatic carbocycles. The Morgan fingerprint density at radius 2 is 2.29 bits per heavy atom. The molecule has 0 aromatic heterocycles. The normalized spacial score (nSPS) is 12.5. The van der Waals surface area contributed by atoms with Gasteiger partial charge in [0.25, 0.3) is 0 Å². The number of hydrogen-bond donors (Lipinski definition) is 1. The Hall–Kier alpha value is -1.09. The maximum Gasteiger partial charge on any atom is 0.307 e. The first-order chi connectivity index (χ1) is 6.52. The van der Waals surface area contributed by atoms with Crippen molar-refractivity contribution in [2.45, 2.75) is 19.5 Å². The minimum atomic E-state index is -1.25. The number of halogens is 2. The lowest BCUT2D eigenvalue weighted by atomic mass is 10.0. The molecule has 4 heteroatoms. The van der Waals surface area contributed by atoms with E-state index in [4.69, 9.17) is 16.7 Å². The first kappa shape index (κ1) is 11.0. The van der Waals surface area contributed by atoms with E-state index in [9.17, 15) is 9.18 Å². The molecule has 1 aromatic rings. The van der Waals surface area contributed by atoms with Crippen LogP contribution in [-0.2, 0) is 11.2 Å². The van der Waals surface area contributed by atoms with Gasteiger partial charge in [0.15, 0.2) is 0 Å². The molecule has 0 fully saturated rings. The molecule has 0 aliphatic rings. The van der Waals surface area contributed by atoms with Crippen molar-refractivity contribution < 1.29 is 14.3 Å². The largest absolute Gasteiger partial charge is 0.481 e. The zero-order valence-electron chi connectivity index (χ0n) is 7.63. The van der Waals surface area contributed by atoms with Crippen LogP contribution in [0.2, 0.25) is 5.02 Å². The van der Waals surface area contributed by atoms with Gasteiger partial charge in [0.05, 0.1) is 6.42 Å². The van der Waals surface area contributed by atoms with Gasteiger partial charge in [-0.3, -0.25) is 4.79 Å². The summed E-state index contributed by atoms with van der Waals surface area (Å²) < 4.78 is 13.1. The fraction of sp³-hybridized carbons (Fsp3) is 0.300. The zero-order chi connectivity index (χ0) is 10.7. The summed E-state index contributed by atoms with van der Waals surface area (Å²) in [6, 6.07) is 4.75. The molecule has 14 heavy (non-hydrogen) atoms. The standard InChI is InChI=1S/C10H10ClFO2/c1-6(12)10-7(5-9(13)14)3-2-4-8(10)11/h2-4,6H,5H2,1H3,(H,13,14). The minimum absolute atomic E-state index is 0.204. The summed E-state index contributed by atoms with van der Waals surface area (Å²) in [5.74, 6) is -0.992. The Bertz CT molecular complexity index is 350. The van der Waals surface area contributed by atoms with E-state index in [-0.39, 0.29) is 17.0 Å². The second-order valence-corrected chi connectivity index (χ2v) is 3.41. The Labute approximate surface area is 86.3 Å². The molecule has 0 amide bonds. The number of benzene rings is 1. The summed E-state index contributed by atoms with van der Waals surface area (Å²) in [5, 5.41) is 8.88. The van der Waals surface area contributed by atoms with Gasteiger partial charge in [0, 0.05) is 10.6 Å². The first-order valence-electron chi connectivity index (χ1n) is 4.15. The Kier molecular flexibility index (Phi) is 3.47. The van der Waals surface area contributed by atoms with E-state index in [1.165, 1.54) is 6.92 Å². The van der Waals surface area contributed by atoms with Crippen LogP contribution in [0.3, 0.4) is 0 Å². The number of carboxylic acid groups (broad SMARTS) is 1. The third kappa shape index (κ3) is 2.45. The molecule has 0 heterocycles. The topological polar surface area (TPSA) is 37.3 Å². The van der Waals surface area contributed by atoms with E-state index in [0.29, 0.717) is 5.56 Å². The van der Waals surface area contributed by atoms with Gasteiger partial charge in [-0.25, -0.2) is 4.39 Å². The average Bonchev–Trinajstić information content (AvgIpc) is 2.01. The first-order valence-corrected chi connectivity index (χ1v) is 4.53. The predicted octanol–water partition coefficient (Wildman–Crippen LogP) is 3.00. The van der Waals surface area contributed by atoms with Crippen LogP contribution < -0.4 is 0 Å². The maximum atomic E-state index is 13.1. The van der Waals surface area contributed by atoms with Gasteiger partial charge in [-0.15, -0.1) is 0 Å².